The van der Waals surface area contributed by atoms with Crippen LogP contribution in [-0.2, 0) is 0 Å². The normalized spacial score (nSPS) is 10.7. The molecule has 94 valence electrons. The van der Waals surface area contributed by atoms with Crippen LogP contribution in [0.15, 0.2) is 22.6 Å². The van der Waals surface area contributed by atoms with Crippen molar-refractivity contribution in [3.05, 3.63) is 50.9 Å². The van der Waals surface area contributed by atoms with Crippen LogP contribution in [-0.4, -0.2) is 5.78 Å². The van der Waals surface area contributed by atoms with Gasteiger partial charge in [0.15, 0.2) is 5.78 Å². The molecule has 5 heteroatoms. The Morgan fingerprint density at radius 3 is 2.39 bits per heavy atom. The van der Waals surface area contributed by atoms with Crippen LogP contribution in [0, 0.1) is 13.8 Å². The number of benzene rings is 1. The molecule has 0 aliphatic rings. The fourth-order valence-corrected chi connectivity index (χ4v) is 2.09. The molecule has 0 aliphatic carbocycles. The third kappa shape index (κ3) is 2.24. The van der Waals surface area contributed by atoms with Crippen LogP contribution in [0.25, 0.3) is 0 Å². The third-order valence-electron chi connectivity index (χ3n) is 2.60. The first-order valence-corrected chi connectivity index (χ1v) is 6.02. The number of hydrogen-bond donors (Lipinski definition) is 1. The van der Waals surface area contributed by atoms with Crippen LogP contribution < -0.4 is 5.73 Å². The highest BCUT2D eigenvalue weighted by molar-refractivity contribution is 6.44. The third-order valence-corrected chi connectivity index (χ3v) is 3.42. The Kier molecular flexibility index (Phi) is 3.37. The SMILES string of the molecule is Cc1cc(C(=O)c2cc(N)c(Cl)c(Cl)c2)c(C)o1. The quantitative estimate of drug-likeness (QED) is 0.669. The number of halogens is 2. The molecule has 1 heterocycles. The molecule has 0 bridgehead atoms. The van der Waals surface area contributed by atoms with Crippen molar-refractivity contribution in [3.8, 4) is 0 Å². The lowest BCUT2D eigenvalue weighted by atomic mass is 10.0. The molecule has 1 aromatic heterocycles. The number of carbonyl (C=O) groups is 1. The average Bonchev–Trinajstić information content (AvgIpc) is 2.63. The predicted molar refractivity (Wildman–Crippen MR) is 72.5 cm³/mol. The molecule has 0 radical (unpaired) electrons. The minimum atomic E-state index is -0.186. The summed E-state index contributed by atoms with van der Waals surface area (Å²) >= 11 is 11.8. The van der Waals surface area contributed by atoms with Crippen LogP contribution in [0.1, 0.15) is 27.4 Å². The molecule has 0 amide bonds. The summed E-state index contributed by atoms with van der Waals surface area (Å²) in [6.45, 7) is 3.52. The summed E-state index contributed by atoms with van der Waals surface area (Å²) in [5.41, 5.74) is 6.87. The van der Waals surface area contributed by atoms with E-state index in [2.05, 4.69) is 0 Å². The standard InChI is InChI=1S/C13H11Cl2NO2/c1-6-3-9(7(2)18-6)13(17)8-4-10(14)12(15)11(16)5-8/h3-5H,16H2,1-2H3. The molecule has 0 atom stereocenters. The van der Waals surface area contributed by atoms with Crippen LogP contribution in [0.3, 0.4) is 0 Å². The van der Waals surface area contributed by atoms with Gasteiger partial charge in [-0.2, -0.15) is 0 Å². The molecule has 0 saturated heterocycles. The van der Waals surface area contributed by atoms with Gasteiger partial charge in [-0.15, -0.1) is 0 Å². The van der Waals surface area contributed by atoms with Crippen molar-refractivity contribution >= 4 is 34.7 Å². The highest BCUT2D eigenvalue weighted by Crippen LogP contribution is 2.30. The summed E-state index contributed by atoms with van der Waals surface area (Å²) in [5.74, 6) is 1.07. The Morgan fingerprint density at radius 2 is 1.89 bits per heavy atom. The summed E-state index contributed by atoms with van der Waals surface area (Å²) in [5, 5.41) is 0.520. The van der Waals surface area contributed by atoms with Gasteiger partial charge in [0.25, 0.3) is 0 Å². The van der Waals surface area contributed by atoms with E-state index < -0.39 is 0 Å². The number of ketones is 1. The van der Waals surface area contributed by atoms with E-state index in [1.807, 2.05) is 0 Å². The summed E-state index contributed by atoms with van der Waals surface area (Å²) in [7, 11) is 0. The van der Waals surface area contributed by atoms with Gasteiger partial charge >= 0.3 is 0 Å². The fraction of sp³-hybridized carbons (Fsp3) is 0.154. The molecule has 2 rings (SSSR count). The summed E-state index contributed by atoms with van der Waals surface area (Å²) in [6.07, 6.45) is 0. The second-order valence-corrected chi connectivity index (χ2v) is 4.80. The number of nitrogens with two attached hydrogens (primary N) is 1. The van der Waals surface area contributed by atoms with E-state index in [1.165, 1.54) is 12.1 Å². The molecule has 2 N–H and O–H groups in total. The zero-order chi connectivity index (χ0) is 13.4. The van der Waals surface area contributed by atoms with Crippen molar-refractivity contribution in [1.82, 2.24) is 0 Å². The minimum absolute atomic E-state index is 0.186. The number of carbonyl (C=O) groups excluding carboxylic acids is 1. The molecule has 3 nitrogen and oxygen atoms in total. The van der Waals surface area contributed by atoms with Gasteiger partial charge < -0.3 is 10.2 Å². The first-order valence-electron chi connectivity index (χ1n) is 5.26. The Labute approximate surface area is 114 Å². The maximum atomic E-state index is 12.3. The van der Waals surface area contributed by atoms with Gasteiger partial charge in [-0.3, -0.25) is 4.79 Å². The molecule has 0 fully saturated rings. The maximum Gasteiger partial charge on any atom is 0.196 e. The Hall–Kier alpha value is -1.45. The van der Waals surface area contributed by atoms with Crippen LogP contribution in [0.5, 0.6) is 0 Å². The van der Waals surface area contributed by atoms with E-state index >= 15 is 0 Å². The smallest absolute Gasteiger partial charge is 0.196 e. The highest BCUT2D eigenvalue weighted by atomic mass is 35.5. The fourth-order valence-electron chi connectivity index (χ4n) is 1.75. The molecule has 2 aromatic rings. The number of rotatable bonds is 2. The molecule has 0 saturated carbocycles. The Bertz CT molecular complexity index is 609. The number of hydrogen-bond acceptors (Lipinski definition) is 3. The molecule has 0 spiro atoms. The van der Waals surface area contributed by atoms with Crippen molar-refractivity contribution < 1.29 is 9.21 Å². The molecule has 0 aliphatic heterocycles. The lowest BCUT2D eigenvalue weighted by molar-refractivity contribution is 0.103. The molecule has 1 aromatic carbocycles. The summed E-state index contributed by atoms with van der Waals surface area (Å²) in [4.78, 5) is 12.3. The van der Waals surface area contributed by atoms with E-state index in [4.69, 9.17) is 33.4 Å². The molecule has 0 unspecified atom stereocenters. The van der Waals surface area contributed by atoms with Crippen LogP contribution in [0.4, 0.5) is 5.69 Å². The zero-order valence-corrected chi connectivity index (χ0v) is 11.4. The van der Waals surface area contributed by atoms with E-state index in [1.54, 1.807) is 19.9 Å². The van der Waals surface area contributed by atoms with Crippen molar-refractivity contribution in [1.29, 1.82) is 0 Å². The van der Waals surface area contributed by atoms with Crippen molar-refractivity contribution in [3.63, 3.8) is 0 Å². The first-order chi connectivity index (χ1) is 8.40. The highest BCUT2D eigenvalue weighted by Gasteiger charge is 2.17. The average molecular weight is 284 g/mol. The Balaban J connectivity index is 2.50. The summed E-state index contributed by atoms with van der Waals surface area (Å²) < 4.78 is 5.33. The van der Waals surface area contributed by atoms with Gasteiger partial charge in [0.05, 0.1) is 21.3 Å². The second-order valence-electron chi connectivity index (χ2n) is 4.02. The van der Waals surface area contributed by atoms with Gasteiger partial charge in [-0.25, -0.2) is 0 Å². The van der Waals surface area contributed by atoms with Crippen LogP contribution in [0.2, 0.25) is 10.0 Å². The maximum absolute atomic E-state index is 12.3. The van der Waals surface area contributed by atoms with Gasteiger partial charge in [0.2, 0.25) is 0 Å². The van der Waals surface area contributed by atoms with E-state index in [9.17, 15) is 4.79 Å². The van der Waals surface area contributed by atoms with E-state index in [-0.39, 0.29) is 21.5 Å². The van der Waals surface area contributed by atoms with Crippen molar-refractivity contribution in [2.45, 2.75) is 13.8 Å². The monoisotopic (exact) mass is 283 g/mol. The first kappa shape index (κ1) is 13.0. The van der Waals surface area contributed by atoms with Crippen molar-refractivity contribution in [2.24, 2.45) is 0 Å². The predicted octanol–water partition coefficient (Wildman–Crippen LogP) is 4.02. The van der Waals surface area contributed by atoms with Crippen molar-refractivity contribution in [2.75, 3.05) is 5.73 Å². The molecular weight excluding hydrogens is 273 g/mol. The second kappa shape index (κ2) is 4.67. The lowest BCUT2D eigenvalue weighted by Gasteiger charge is -2.05. The van der Waals surface area contributed by atoms with E-state index in [0.717, 1.165) is 0 Å². The van der Waals surface area contributed by atoms with Gasteiger partial charge in [-0.1, -0.05) is 23.2 Å². The number of aryl methyl sites for hydroxylation is 2. The number of anilines is 1. The minimum Gasteiger partial charge on any atom is -0.466 e. The number of nitrogen functional groups attached to an aromatic ring is 1. The largest absolute Gasteiger partial charge is 0.466 e. The number of furan rings is 1. The zero-order valence-electron chi connectivity index (χ0n) is 9.88. The van der Waals surface area contributed by atoms with Gasteiger partial charge in [0, 0.05) is 5.56 Å². The Morgan fingerprint density at radius 1 is 1.22 bits per heavy atom. The van der Waals surface area contributed by atoms with Crippen LogP contribution >= 0.6 is 23.2 Å². The topological polar surface area (TPSA) is 56.2 Å². The summed E-state index contributed by atoms with van der Waals surface area (Å²) in [6, 6.07) is 4.71. The van der Waals surface area contributed by atoms with Gasteiger partial charge in [-0.05, 0) is 32.0 Å². The lowest BCUT2D eigenvalue weighted by Crippen LogP contribution is -2.03. The molecular formula is C13H11Cl2NO2. The molecule has 18 heavy (non-hydrogen) atoms. The van der Waals surface area contributed by atoms with E-state index in [0.29, 0.717) is 22.6 Å². The van der Waals surface area contributed by atoms with Gasteiger partial charge in [0.1, 0.15) is 11.5 Å².